The van der Waals surface area contributed by atoms with E-state index >= 15 is 0 Å². The monoisotopic (exact) mass is 333 g/mol. The van der Waals surface area contributed by atoms with Crippen LogP contribution in [0.4, 0.5) is 0 Å². The maximum Gasteiger partial charge on any atom is 0.254 e. The summed E-state index contributed by atoms with van der Waals surface area (Å²) in [6, 6.07) is 13.1. The second-order valence-electron chi connectivity index (χ2n) is 5.57. The van der Waals surface area contributed by atoms with Gasteiger partial charge in [0.25, 0.3) is 5.91 Å². The second kappa shape index (κ2) is 7.68. The lowest BCUT2D eigenvalue weighted by molar-refractivity contribution is 0.0745. The van der Waals surface area contributed by atoms with Crippen molar-refractivity contribution < 1.29 is 9.90 Å². The molecule has 0 saturated heterocycles. The van der Waals surface area contributed by atoms with E-state index in [2.05, 4.69) is 16.5 Å². The molecular weight excluding hydrogens is 314 g/mol. The van der Waals surface area contributed by atoms with Crippen molar-refractivity contribution in [3.05, 3.63) is 73.1 Å². The fourth-order valence-electron chi connectivity index (χ4n) is 2.75. The molecule has 1 aromatic carbocycles. The molecule has 5 nitrogen and oxygen atoms in total. The van der Waals surface area contributed by atoms with Crippen molar-refractivity contribution in [2.24, 2.45) is 0 Å². The summed E-state index contributed by atoms with van der Waals surface area (Å²) in [6.45, 7) is 4.23. The molecule has 126 valence electrons. The zero-order valence-corrected chi connectivity index (χ0v) is 13.8. The summed E-state index contributed by atoms with van der Waals surface area (Å²) in [5.41, 5.74) is 2.93. The number of rotatable bonds is 6. The zero-order chi connectivity index (χ0) is 17.6. The number of hydrogen-bond donors (Lipinski definition) is 1. The maximum atomic E-state index is 13.0. The van der Waals surface area contributed by atoms with E-state index < -0.39 is 0 Å². The molecule has 25 heavy (non-hydrogen) atoms. The summed E-state index contributed by atoms with van der Waals surface area (Å²) in [5.74, 6) is -0.150. The maximum absolute atomic E-state index is 13.0. The van der Waals surface area contributed by atoms with Crippen molar-refractivity contribution in [3.63, 3.8) is 0 Å². The number of hydrogen-bond acceptors (Lipinski definition) is 4. The van der Waals surface area contributed by atoms with Gasteiger partial charge >= 0.3 is 0 Å². The van der Waals surface area contributed by atoms with Gasteiger partial charge in [0, 0.05) is 36.4 Å². The standard InChI is InChI=1S/C20H19N3O2/c1-2-11-23(12-13-24)20(25)17-14-19(15-7-9-21-10-8-15)22-18-6-4-3-5-16(17)18/h2-10,14,24H,1,11-13H2. The third-order valence-electron chi connectivity index (χ3n) is 3.93. The van der Waals surface area contributed by atoms with E-state index in [1.807, 2.05) is 36.4 Å². The van der Waals surface area contributed by atoms with Crippen molar-refractivity contribution in [1.82, 2.24) is 14.9 Å². The van der Waals surface area contributed by atoms with Crippen LogP contribution in [0.2, 0.25) is 0 Å². The van der Waals surface area contributed by atoms with Gasteiger partial charge in [-0.15, -0.1) is 6.58 Å². The summed E-state index contributed by atoms with van der Waals surface area (Å²) in [5, 5.41) is 10.0. The van der Waals surface area contributed by atoms with E-state index in [0.717, 1.165) is 16.5 Å². The van der Waals surface area contributed by atoms with Gasteiger partial charge in [0.1, 0.15) is 0 Å². The highest BCUT2D eigenvalue weighted by Crippen LogP contribution is 2.25. The summed E-state index contributed by atoms with van der Waals surface area (Å²) in [7, 11) is 0. The first kappa shape index (κ1) is 16.8. The van der Waals surface area contributed by atoms with Crippen LogP contribution in [-0.2, 0) is 0 Å². The van der Waals surface area contributed by atoms with Gasteiger partial charge in [0.2, 0.25) is 0 Å². The average Bonchev–Trinajstić information content (AvgIpc) is 2.67. The number of aliphatic hydroxyl groups is 1. The first-order valence-corrected chi connectivity index (χ1v) is 8.06. The van der Waals surface area contributed by atoms with Crippen molar-refractivity contribution in [3.8, 4) is 11.3 Å². The zero-order valence-electron chi connectivity index (χ0n) is 13.8. The highest BCUT2D eigenvalue weighted by Gasteiger charge is 2.19. The van der Waals surface area contributed by atoms with Gasteiger partial charge in [-0.1, -0.05) is 24.3 Å². The van der Waals surface area contributed by atoms with Gasteiger partial charge < -0.3 is 10.0 Å². The minimum absolute atomic E-state index is 0.0974. The van der Waals surface area contributed by atoms with Crippen LogP contribution in [-0.4, -0.2) is 45.6 Å². The minimum atomic E-state index is -0.150. The molecule has 3 aromatic rings. The highest BCUT2D eigenvalue weighted by atomic mass is 16.3. The molecule has 1 amide bonds. The van der Waals surface area contributed by atoms with Gasteiger partial charge in [-0.05, 0) is 24.3 Å². The number of benzene rings is 1. The predicted molar refractivity (Wildman–Crippen MR) is 98.2 cm³/mol. The lowest BCUT2D eigenvalue weighted by Gasteiger charge is -2.21. The molecule has 0 radical (unpaired) electrons. The number of pyridine rings is 2. The topological polar surface area (TPSA) is 66.3 Å². The summed E-state index contributed by atoms with van der Waals surface area (Å²) in [4.78, 5) is 23.3. The molecule has 5 heteroatoms. The molecule has 0 saturated carbocycles. The van der Waals surface area contributed by atoms with E-state index in [9.17, 15) is 9.90 Å². The number of fused-ring (bicyclic) bond motifs is 1. The number of para-hydroxylation sites is 1. The van der Waals surface area contributed by atoms with Gasteiger partial charge in [-0.25, -0.2) is 4.98 Å². The van der Waals surface area contributed by atoms with Crippen LogP contribution in [0.15, 0.2) is 67.5 Å². The molecule has 0 aliphatic rings. The SMILES string of the molecule is C=CCN(CCO)C(=O)c1cc(-c2ccncc2)nc2ccccc12. The Balaban J connectivity index is 2.15. The molecular formula is C20H19N3O2. The van der Waals surface area contributed by atoms with Crippen molar-refractivity contribution in [2.75, 3.05) is 19.7 Å². The van der Waals surface area contributed by atoms with E-state index in [0.29, 0.717) is 17.8 Å². The lowest BCUT2D eigenvalue weighted by Crippen LogP contribution is -2.33. The Bertz CT molecular complexity index is 894. The fourth-order valence-corrected chi connectivity index (χ4v) is 2.75. The average molecular weight is 333 g/mol. The Labute approximate surface area is 146 Å². The molecule has 0 bridgehead atoms. The first-order valence-electron chi connectivity index (χ1n) is 8.06. The summed E-state index contributed by atoms with van der Waals surface area (Å²) >= 11 is 0. The van der Waals surface area contributed by atoms with Crippen LogP contribution in [0, 0.1) is 0 Å². The Morgan fingerprint density at radius 1 is 1.20 bits per heavy atom. The van der Waals surface area contributed by atoms with Crippen LogP contribution in [0.3, 0.4) is 0 Å². The summed E-state index contributed by atoms with van der Waals surface area (Å²) in [6.07, 6.45) is 5.05. The van der Waals surface area contributed by atoms with E-state index in [4.69, 9.17) is 0 Å². The van der Waals surface area contributed by atoms with Gasteiger partial charge in [0.15, 0.2) is 0 Å². The lowest BCUT2D eigenvalue weighted by atomic mass is 10.0. The number of carbonyl (C=O) groups is 1. The number of aliphatic hydroxyl groups excluding tert-OH is 1. The second-order valence-corrected chi connectivity index (χ2v) is 5.57. The largest absolute Gasteiger partial charge is 0.395 e. The van der Waals surface area contributed by atoms with Crippen LogP contribution in [0.5, 0.6) is 0 Å². The van der Waals surface area contributed by atoms with E-state index in [-0.39, 0.29) is 19.1 Å². The Kier molecular flexibility index (Phi) is 5.16. The molecule has 0 aliphatic carbocycles. The number of carbonyl (C=O) groups excluding carboxylic acids is 1. The Morgan fingerprint density at radius 2 is 1.96 bits per heavy atom. The van der Waals surface area contributed by atoms with Crippen molar-refractivity contribution in [1.29, 1.82) is 0 Å². The van der Waals surface area contributed by atoms with Crippen LogP contribution in [0.1, 0.15) is 10.4 Å². The summed E-state index contributed by atoms with van der Waals surface area (Å²) < 4.78 is 0. The molecule has 2 heterocycles. The molecule has 0 spiro atoms. The molecule has 1 N–H and O–H groups in total. The van der Waals surface area contributed by atoms with Crippen molar-refractivity contribution >= 4 is 16.8 Å². The van der Waals surface area contributed by atoms with E-state index in [1.165, 1.54) is 0 Å². The molecule has 2 aromatic heterocycles. The smallest absolute Gasteiger partial charge is 0.254 e. The molecule has 0 fully saturated rings. The van der Waals surface area contributed by atoms with Crippen molar-refractivity contribution in [2.45, 2.75) is 0 Å². The normalized spacial score (nSPS) is 10.6. The van der Waals surface area contributed by atoms with Crippen LogP contribution < -0.4 is 0 Å². The van der Waals surface area contributed by atoms with Gasteiger partial charge in [0.05, 0.1) is 23.4 Å². The van der Waals surface area contributed by atoms with Gasteiger partial charge in [-0.2, -0.15) is 0 Å². The highest BCUT2D eigenvalue weighted by molar-refractivity contribution is 6.07. The third-order valence-corrected chi connectivity index (χ3v) is 3.93. The number of nitrogens with zero attached hydrogens (tertiary/aromatic N) is 3. The minimum Gasteiger partial charge on any atom is -0.395 e. The number of aromatic nitrogens is 2. The Hall–Kier alpha value is -3.05. The predicted octanol–water partition coefficient (Wildman–Crippen LogP) is 2.92. The molecule has 0 atom stereocenters. The number of amides is 1. The van der Waals surface area contributed by atoms with E-state index in [1.54, 1.807) is 29.4 Å². The molecule has 0 unspecified atom stereocenters. The molecule has 0 aliphatic heterocycles. The third kappa shape index (κ3) is 3.56. The first-order chi connectivity index (χ1) is 12.2. The van der Waals surface area contributed by atoms with Crippen LogP contribution >= 0.6 is 0 Å². The van der Waals surface area contributed by atoms with Crippen LogP contribution in [0.25, 0.3) is 22.2 Å². The Morgan fingerprint density at radius 3 is 2.68 bits per heavy atom. The fraction of sp³-hybridized carbons (Fsp3) is 0.150. The van der Waals surface area contributed by atoms with Gasteiger partial charge in [-0.3, -0.25) is 9.78 Å². The quantitative estimate of drug-likeness (QED) is 0.704. The molecule has 3 rings (SSSR count).